The van der Waals surface area contributed by atoms with E-state index in [1.165, 1.54) is 4.90 Å². The van der Waals surface area contributed by atoms with Crippen LogP contribution in [0.4, 0.5) is 5.82 Å². The van der Waals surface area contributed by atoms with E-state index >= 15 is 0 Å². The SMILES string of the molecule is CCOc1ccc(/C(O)=C2\C(=O)C(=O)N(c3cc(C)on3)[C@H]2c2ccc(C(C)(C)C)cc2)cc1. The normalized spacial score (nSPS) is 17.9. The molecule has 1 aliphatic rings. The lowest BCUT2D eigenvalue weighted by molar-refractivity contribution is -0.132. The summed E-state index contributed by atoms with van der Waals surface area (Å²) in [6, 6.07) is 15.2. The predicted molar refractivity (Wildman–Crippen MR) is 129 cm³/mol. The first kappa shape index (κ1) is 23.3. The molecule has 176 valence electrons. The van der Waals surface area contributed by atoms with Crippen molar-refractivity contribution in [2.24, 2.45) is 0 Å². The highest BCUT2D eigenvalue weighted by Crippen LogP contribution is 2.42. The zero-order valence-electron chi connectivity index (χ0n) is 20.0. The fraction of sp³-hybridized carbons (Fsp3) is 0.296. The number of nitrogens with zero attached hydrogens (tertiary/aromatic N) is 2. The summed E-state index contributed by atoms with van der Waals surface area (Å²) in [5.41, 5.74) is 2.14. The molecule has 4 rings (SSSR count). The Morgan fingerprint density at radius 1 is 1.09 bits per heavy atom. The number of anilines is 1. The van der Waals surface area contributed by atoms with Gasteiger partial charge in [-0.05, 0) is 54.7 Å². The lowest BCUT2D eigenvalue weighted by atomic mass is 9.85. The first-order chi connectivity index (χ1) is 16.1. The Balaban J connectivity index is 1.87. The summed E-state index contributed by atoms with van der Waals surface area (Å²) >= 11 is 0. The molecule has 1 saturated heterocycles. The molecule has 3 aromatic rings. The second kappa shape index (κ2) is 8.82. The monoisotopic (exact) mass is 460 g/mol. The van der Waals surface area contributed by atoms with Crippen LogP contribution in [0.3, 0.4) is 0 Å². The van der Waals surface area contributed by atoms with Crippen molar-refractivity contribution in [1.29, 1.82) is 0 Å². The molecule has 2 aromatic carbocycles. The maximum atomic E-state index is 13.2. The van der Waals surface area contributed by atoms with Crippen LogP contribution in [0.25, 0.3) is 5.76 Å². The van der Waals surface area contributed by atoms with Gasteiger partial charge in [0.2, 0.25) is 0 Å². The van der Waals surface area contributed by atoms with Crippen LogP contribution in [0.2, 0.25) is 0 Å². The average molecular weight is 461 g/mol. The van der Waals surface area contributed by atoms with Gasteiger partial charge < -0.3 is 14.4 Å². The first-order valence-corrected chi connectivity index (χ1v) is 11.2. The third-order valence-corrected chi connectivity index (χ3v) is 5.84. The molecule has 0 bridgehead atoms. The summed E-state index contributed by atoms with van der Waals surface area (Å²) in [6.45, 7) is 10.4. The predicted octanol–water partition coefficient (Wildman–Crippen LogP) is 5.31. The van der Waals surface area contributed by atoms with Crippen LogP contribution in [-0.2, 0) is 15.0 Å². The third kappa shape index (κ3) is 4.21. The number of hydrogen-bond donors (Lipinski definition) is 1. The molecule has 34 heavy (non-hydrogen) atoms. The number of amides is 1. The minimum Gasteiger partial charge on any atom is -0.507 e. The molecular formula is C27H28N2O5. The number of aromatic nitrogens is 1. The van der Waals surface area contributed by atoms with Gasteiger partial charge in [-0.1, -0.05) is 50.2 Å². The van der Waals surface area contributed by atoms with Crippen molar-refractivity contribution >= 4 is 23.3 Å². The molecule has 2 heterocycles. The van der Waals surface area contributed by atoms with Crippen molar-refractivity contribution in [3.63, 3.8) is 0 Å². The fourth-order valence-corrected chi connectivity index (χ4v) is 4.05. The highest BCUT2D eigenvalue weighted by molar-refractivity contribution is 6.51. The van der Waals surface area contributed by atoms with Crippen molar-refractivity contribution in [1.82, 2.24) is 5.16 Å². The maximum absolute atomic E-state index is 13.2. The summed E-state index contributed by atoms with van der Waals surface area (Å²) in [4.78, 5) is 27.6. The molecule has 1 atom stereocenters. The molecule has 1 N–H and O–H groups in total. The Hall–Kier alpha value is -3.87. The molecule has 0 spiro atoms. The number of hydrogen-bond acceptors (Lipinski definition) is 6. The van der Waals surface area contributed by atoms with Crippen LogP contribution in [0.5, 0.6) is 5.75 Å². The summed E-state index contributed by atoms with van der Waals surface area (Å²) in [7, 11) is 0. The highest BCUT2D eigenvalue weighted by atomic mass is 16.5. The number of benzene rings is 2. The number of aliphatic hydroxyl groups excluding tert-OH is 1. The van der Waals surface area contributed by atoms with Crippen LogP contribution < -0.4 is 9.64 Å². The van der Waals surface area contributed by atoms with Gasteiger partial charge in [0.05, 0.1) is 18.2 Å². The van der Waals surface area contributed by atoms with E-state index in [-0.39, 0.29) is 22.6 Å². The molecule has 0 radical (unpaired) electrons. The highest BCUT2D eigenvalue weighted by Gasteiger charge is 2.48. The third-order valence-electron chi connectivity index (χ3n) is 5.84. The standard InChI is InChI=1S/C27H28N2O5/c1-6-33-20-13-9-18(10-14-20)24(30)22-23(17-7-11-19(12-8-17)27(3,4)5)29(26(32)25(22)31)21-15-16(2)34-28-21/h7-15,23,30H,6H2,1-5H3/b24-22+/t23-/m0/s1. The van der Waals surface area contributed by atoms with Gasteiger partial charge in [0.15, 0.2) is 5.82 Å². The van der Waals surface area contributed by atoms with Crippen molar-refractivity contribution < 1.29 is 24.0 Å². The maximum Gasteiger partial charge on any atom is 0.301 e. The zero-order chi connectivity index (χ0) is 24.6. The van der Waals surface area contributed by atoms with Gasteiger partial charge in [-0.2, -0.15) is 0 Å². The molecular weight excluding hydrogens is 432 g/mol. The Bertz CT molecular complexity index is 1250. The van der Waals surface area contributed by atoms with Gasteiger partial charge in [0.1, 0.15) is 17.3 Å². The van der Waals surface area contributed by atoms with E-state index in [0.717, 1.165) is 5.56 Å². The van der Waals surface area contributed by atoms with Gasteiger partial charge in [-0.3, -0.25) is 14.5 Å². The number of carbonyl (C=O) groups excluding carboxylic acids is 2. The summed E-state index contributed by atoms with van der Waals surface area (Å²) in [5, 5.41) is 15.2. The number of ketones is 1. The second-order valence-electron chi connectivity index (χ2n) is 9.29. The largest absolute Gasteiger partial charge is 0.507 e. The lowest BCUT2D eigenvalue weighted by Gasteiger charge is -2.24. The number of ether oxygens (including phenoxy) is 1. The molecule has 1 aromatic heterocycles. The van der Waals surface area contributed by atoms with E-state index in [1.807, 2.05) is 31.2 Å². The number of Topliss-reactive ketones (excluding diaryl/α,β-unsaturated/α-hetero) is 1. The number of rotatable bonds is 5. The molecule has 1 fully saturated rings. The molecule has 0 saturated carbocycles. The minimum atomic E-state index is -0.856. The van der Waals surface area contributed by atoms with Crippen molar-refractivity contribution in [3.8, 4) is 5.75 Å². The smallest absolute Gasteiger partial charge is 0.301 e. The quantitative estimate of drug-likeness (QED) is 0.315. The van der Waals surface area contributed by atoms with E-state index in [0.29, 0.717) is 29.2 Å². The van der Waals surface area contributed by atoms with Gasteiger partial charge in [-0.25, -0.2) is 0 Å². The fourth-order valence-electron chi connectivity index (χ4n) is 4.05. The van der Waals surface area contributed by atoms with Gasteiger partial charge in [0.25, 0.3) is 5.78 Å². The minimum absolute atomic E-state index is 0.00155. The molecule has 0 aliphatic carbocycles. The second-order valence-corrected chi connectivity index (χ2v) is 9.29. The summed E-state index contributed by atoms with van der Waals surface area (Å²) in [5.74, 6) is -0.441. The zero-order valence-corrected chi connectivity index (χ0v) is 20.0. The van der Waals surface area contributed by atoms with Crippen LogP contribution in [0.1, 0.15) is 56.2 Å². The number of aryl methyl sites for hydroxylation is 1. The Morgan fingerprint density at radius 3 is 2.26 bits per heavy atom. The van der Waals surface area contributed by atoms with Crippen LogP contribution >= 0.6 is 0 Å². The van der Waals surface area contributed by atoms with Gasteiger partial charge in [-0.15, -0.1) is 0 Å². The number of aliphatic hydroxyl groups is 1. The number of carbonyl (C=O) groups is 2. The molecule has 7 nitrogen and oxygen atoms in total. The summed E-state index contributed by atoms with van der Waals surface area (Å²) < 4.78 is 10.6. The van der Waals surface area contributed by atoms with Gasteiger partial charge >= 0.3 is 5.91 Å². The van der Waals surface area contributed by atoms with Crippen molar-refractivity contribution in [3.05, 3.63) is 82.6 Å². The van der Waals surface area contributed by atoms with Crippen LogP contribution in [0, 0.1) is 6.92 Å². The van der Waals surface area contributed by atoms with Crippen molar-refractivity contribution in [2.45, 2.75) is 46.1 Å². The van der Waals surface area contributed by atoms with E-state index in [9.17, 15) is 14.7 Å². The topological polar surface area (TPSA) is 92.9 Å². The summed E-state index contributed by atoms with van der Waals surface area (Å²) in [6.07, 6.45) is 0. The Morgan fingerprint density at radius 2 is 1.74 bits per heavy atom. The van der Waals surface area contributed by atoms with E-state index in [2.05, 4.69) is 25.9 Å². The van der Waals surface area contributed by atoms with E-state index in [4.69, 9.17) is 9.26 Å². The Labute approximate surface area is 198 Å². The van der Waals surface area contributed by atoms with Crippen molar-refractivity contribution in [2.75, 3.05) is 11.5 Å². The van der Waals surface area contributed by atoms with Crippen LogP contribution in [0.15, 0.2) is 64.7 Å². The van der Waals surface area contributed by atoms with Crippen LogP contribution in [-0.4, -0.2) is 28.6 Å². The lowest BCUT2D eigenvalue weighted by Crippen LogP contribution is -2.29. The molecule has 1 amide bonds. The van der Waals surface area contributed by atoms with Gasteiger partial charge in [0, 0.05) is 11.6 Å². The molecule has 0 unspecified atom stereocenters. The average Bonchev–Trinajstić information content (AvgIpc) is 3.34. The first-order valence-electron chi connectivity index (χ1n) is 11.2. The van der Waals surface area contributed by atoms with E-state index in [1.54, 1.807) is 37.3 Å². The Kier molecular flexibility index (Phi) is 6.04. The van der Waals surface area contributed by atoms with E-state index < -0.39 is 17.7 Å². The molecule has 1 aliphatic heterocycles. The molecule has 7 heteroatoms.